The number of benzene rings is 1. The van der Waals surface area contributed by atoms with Crippen LogP contribution in [0.4, 0.5) is 0 Å². The first-order valence-corrected chi connectivity index (χ1v) is 16.1. The van der Waals surface area contributed by atoms with Crippen molar-refractivity contribution in [1.29, 1.82) is 0 Å². The maximum atomic E-state index is 14.1. The molecular formula is C37H49NO3. The van der Waals surface area contributed by atoms with E-state index in [1.165, 1.54) is 5.57 Å². The molecule has 0 amide bonds. The number of Topliss-reactive ketones (excluding diaryl/α,β-unsaturated/α-hetero) is 1. The van der Waals surface area contributed by atoms with Crippen LogP contribution in [-0.4, -0.2) is 17.8 Å². The Balaban J connectivity index is 1.37. The molecule has 4 saturated carbocycles. The first-order chi connectivity index (χ1) is 19.3. The van der Waals surface area contributed by atoms with Gasteiger partial charge >= 0.3 is 5.97 Å². The first-order valence-electron chi connectivity index (χ1n) is 16.1. The molecule has 1 aromatic carbocycles. The van der Waals surface area contributed by atoms with Crippen LogP contribution < -0.4 is 0 Å². The smallest absolute Gasteiger partial charge is 0.313 e. The SMILES string of the molecule is [C-]#[N+]C1C[C@]2(C)C3CC=C4[C@@H]5CC(C)(C)CC[C@]5(C(=O)OCc5ccccc5)CC[C@@]4(C)[C@]3(C)CC[C@H]2[C@H](C)C1=O. The molecule has 0 saturated heterocycles. The van der Waals surface area contributed by atoms with Crippen LogP contribution in [0, 0.1) is 57.3 Å². The summed E-state index contributed by atoms with van der Waals surface area (Å²) in [5.41, 5.74) is 2.38. The summed E-state index contributed by atoms with van der Waals surface area (Å²) in [6.45, 7) is 22.5. The third-order valence-corrected chi connectivity index (χ3v) is 13.8. The highest BCUT2D eigenvalue weighted by Gasteiger charge is 2.69. The molecule has 1 aromatic rings. The molecule has 5 aliphatic rings. The third kappa shape index (κ3) is 4.04. The molecule has 0 aromatic heterocycles. The number of allylic oxidation sites excluding steroid dienone is 2. The largest absolute Gasteiger partial charge is 0.460 e. The summed E-state index contributed by atoms with van der Waals surface area (Å²) in [6, 6.07) is 9.57. The van der Waals surface area contributed by atoms with Gasteiger partial charge in [0.2, 0.25) is 5.78 Å². The van der Waals surface area contributed by atoms with E-state index in [0.29, 0.717) is 24.9 Å². The van der Waals surface area contributed by atoms with Gasteiger partial charge in [-0.15, -0.1) is 0 Å². The van der Waals surface area contributed by atoms with Crippen molar-refractivity contribution in [3.05, 3.63) is 59.0 Å². The number of esters is 1. The number of rotatable bonds is 3. The van der Waals surface area contributed by atoms with Crippen molar-refractivity contribution < 1.29 is 14.3 Å². The van der Waals surface area contributed by atoms with Crippen molar-refractivity contribution in [2.75, 3.05) is 0 Å². The van der Waals surface area contributed by atoms with Crippen molar-refractivity contribution in [3.8, 4) is 0 Å². The molecule has 0 spiro atoms. The zero-order valence-corrected chi connectivity index (χ0v) is 26.1. The Bertz CT molecular complexity index is 1310. The average molecular weight is 556 g/mol. The lowest BCUT2D eigenvalue weighted by Crippen LogP contribution is -2.64. The summed E-state index contributed by atoms with van der Waals surface area (Å²) >= 11 is 0. The topological polar surface area (TPSA) is 47.7 Å². The fraction of sp³-hybridized carbons (Fsp3) is 0.703. The second kappa shape index (κ2) is 9.55. The Kier molecular flexibility index (Phi) is 6.69. The van der Waals surface area contributed by atoms with Crippen LogP contribution in [-0.2, 0) is 20.9 Å². The van der Waals surface area contributed by atoms with Crippen LogP contribution in [0.5, 0.6) is 0 Å². The zero-order valence-electron chi connectivity index (χ0n) is 26.1. The van der Waals surface area contributed by atoms with Gasteiger partial charge in [-0.2, -0.15) is 0 Å². The molecule has 4 nitrogen and oxygen atoms in total. The molecule has 0 N–H and O–H groups in total. The van der Waals surface area contributed by atoms with Gasteiger partial charge in [0.05, 0.1) is 5.41 Å². The van der Waals surface area contributed by atoms with E-state index in [2.05, 4.69) is 52.5 Å². The minimum absolute atomic E-state index is 0.00346. The lowest BCUT2D eigenvalue weighted by molar-refractivity contribution is -0.185. The fourth-order valence-corrected chi connectivity index (χ4v) is 11.1. The highest BCUT2D eigenvalue weighted by Crippen LogP contribution is 2.74. The Hall–Kier alpha value is -2.41. The van der Waals surface area contributed by atoms with E-state index in [-0.39, 0.29) is 45.2 Å². The number of hydrogen-bond donors (Lipinski definition) is 0. The van der Waals surface area contributed by atoms with Crippen LogP contribution in [0.2, 0.25) is 0 Å². The second-order valence-electron chi connectivity index (χ2n) is 16.0. The fourth-order valence-electron chi connectivity index (χ4n) is 11.1. The van der Waals surface area contributed by atoms with Crippen molar-refractivity contribution in [1.82, 2.24) is 0 Å². The lowest BCUT2D eigenvalue weighted by atomic mass is 9.34. The quantitative estimate of drug-likeness (QED) is 0.213. The summed E-state index contributed by atoms with van der Waals surface area (Å²) < 4.78 is 6.15. The van der Waals surface area contributed by atoms with Gasteiger partial charge in [0.25, 0.3) is 6.04 Å². The summed E-state index contributed by atoms with van der Waals surface area (Å²) in [6.07, 6.45) is 11.3. The zero-order chi connectivity index (χ0) is 29.4. The maximum Gasteiger partial charge on any atom is 0.313 e. The first kappa shape index (κ1) is 28.7. The molecule has 5 aliphatic carbocycles. The molecule has 0 heterocycles. The lowest BCUT2D eigenvalue weighted by Gasteiger charge is -2.69. The predicted molar refractivity (Wildman–Crippen MR) is 161 cm³/mol. The minimum Gasteiger partial charge on any atom is -0.460 e. The second-order valence-corrected chi connectivity index (χ2v) is 16.0. The van der Waals surface area contributed by atoms with Gasteiger partial charge in [-0.3, -0.25) is 9.59 Å². The summed E-state index contributed by atoms with van der Waals surface area (Å²) in [5.74, 6) is 1.15. The van der Waals surface area contributed by atoms with Crippen LogP contribution in [0.15, 0.2) is 42.0 Å². The number of carbonyl (C=O) groups excluding carboxylic acids is 2. The summed E-state index contributed by atoms with van der Waals surface area (Å²) in [4.78, 5) is 31.1. The van der Waals surface area contributed by atoms with Gasteiger partial charge in [0.1, 0.15) is 6.61 Å². The molecule has 4 heteroatoms. The van der Waals surface area contributed by atoms with Gasteiger partial charge in [0.15, 0.2) is 0 Å². The van der Waals surface area contributed by atoms with Gasteiger partial charge in [-0.1, -0.05) is 83.5 Å². The third-order valence-electron chi connectivity index (χ3n) is 13.8. The summed E-state index contributed by atoms with van der Waals surface area (Å²) in [5, 5.41) is 0. The molecule has 2 unspecified atom stereocenters. The van der Waals surface area contributed by atoms with E-state index in [0.717, 1.165) is 56.9 Å². The maximum absolute atomic E-state index is 14.1. The molecule has 9 atom stereocenters. The average Bonchev–Trinajstić information content (AvgIpc) is 2.94. The van der Waals surface area contributed by atoms with E-state index >= 15 is 0 Å². The molecular weight excluding hydrogens is 506 g/mol. The van der Waals surface area contributed by atoms with E-state index in [4.69, 9.17) is 11.3 Å². The molecule has 0 aliphatic heterocycles. The van der Waals surface area contributed by atoms with Crippen LogP contribution in [0.1, 0.15) is 105 Å². The molecule has 41 heavy (non-hydrogen) atoms. The predicted octanol–water partition coefficient (Wildman–Crippen LogP) is 8.61. The van der Waals surface area contributed by atoms with Crippen molar-refractivity contribution in [3.63, 3.8) is 0 Å². The summed E-state index contributed by atoms with van der Waals surface area (Å²) in [7, 11) is 0. The number of carbonyl (C=O) groups is 2. The number of ether oxygens (including phenoxy) is 1. The molecule has 0 radical (unpaired) electrons. The van der Waals surface area contributed by atoms with Crippen LogP contribution in [0.25, 0.3) is 4.85 Å². The van der Waals surface area contributed by atoms with Crippen molar-refractivity contribution >= 4 is 11.8 Å². The number of ketones is 1. The number of hydrogen-bond acceptors (Lipinski definition) is 3. The van der Waals surface area contributed by atoms with Crippen molar-refractivity contribution in [2.45, 2.75) is 112 Å². The Morgan fingerprint density at radius 3 is 2.41 bits per heavy atom. The molecule has 0 bridgehead atoms. The normalized spacial score (nSPS) is 44.7. The number of fused-ring (bicyclic) bond motifs is 7. The Morgan fingerprint density at radius 2 is 1.71 bits per heavy atom. The monoisotopic (exact) mass is 555 g/mol. The standard InChI is InChI=1S/C37H49NO3/c1-24-26-15-16-36(6)30(34(26,4)22-29(38-7)31(24)39)14-13-27-28-21-33(2,3)17-19-37(28,20-18-35(27,36)5)32(40)41-23-25-11-9-8-10-12-25/h8-13,24,26,28-30H,14-23H2,1-6H3/t24-,26-,28-,29?,30?,34-,35+,36+,37-/m0/s1. The molecule has 220 valence electrons. The van der Waals surface area contributed by atoms with Gasteiger partial charge in [0, 0.05) is 12.3 Å². The van der Waals surface area contributed by atoms with E-state index in [1.807, 2.05) is 30.3 Å². The van der Waals surface area contributed by atoms with Crippen LogP contribution in [0.3, 0.4) is 0 Å². The highest BCUT2D eigenvalue weighted by molar-refractivity contribution is 5.89. The highest BCUT2D eigenvalue weighted by atomic mass is 16.5. The minimum atomic E-state index is -0.496. The molecule has 6 rings (SSSR count). The van der Waals surface area contributed by atoms with E-state index in [1.54, 1.807) is 0 Å². The van der Waals surface area contributed by atoms with Gasteiger partial charge < -0.3 is 9.58 Å². The Labute approximate surface area is 247 Å². The van der Waals surface area contributed by atoms with Crippen LogP contribution >= 0.6 is 0 Å². The van der Waals surface area contributed by atoms with E-state index in [9.17, 15) is 9.59 Å². The van der Waals surface area contributed by atoms with Gasteiger partial charge in [-0.05, 0) is 96.3 Å². The van der Waals surface area contributed by atoms with E-state index < -0.39 is 11.5 Å². The molecule has 4 fully saturated rings. The van der Waals surface area contributed by atoms with Gasteiger partial charge in [-0.25, -0.2) is 6.57 Å². The Morgan fingerprint density at radius 1 is 1.00 bits per heavy atom. The number of nitrogens with zero attached hydrogens (tertiary/aromatic N) is 1. The van der Waals surface area contributed by atoms with Crippen molar-refractivity contribution in [2.24, 2.45) is 50.7 Å².